The molecule has 2 saturated heterocycles. The van der Waals surface area contributed by atoms with E-state index < -0.39 is 0 Å². The lowest BCUT2D eigenvalue weighted by molar-refractivity contribution is 0.190. The first-order valence-corrected chi connectivity index (χ1v) is 8.57. The molecule has 0 amide bonds. The molecule has 17 heavy (non-hydrogen) atoms. The molecule has 1 atom stereocenters. The van der Waals surface area contributed by atoms with E-state index in [9.17, 15) is 0 Å². The zero-order valence-electron chi connectivity index (χ0n) is 10.9. The first-order chi connectivity index (χ1) is 8.36. The maximum absolute atomic E-state index is 3.86. The molecule has 0 aromatic carbocycles. The maximum Gasteiger partial charge on any atom is 0.0308 e. The van der Waals surface area contributed by atoms with Gasteiger partial charge in [-0.15, -0.1) is 0 Å². The van der Waals surface area contributed by atoms with Crippen molar-refractivity contribution >= 4 is 11.8 Å². The summed E-state index contributed by atoms with van der Waals surface area (Å²) in [6, 6.07) is 0. The van der Waals surface area contributed by atoms with Crippen LogP contribution in [-0.2, 0) is 0 Å². The topological polar surface area (TPSA) is 15.3 Å². The number of rotatable bonds is 2. The molecule has 1 unspecified atom stereocenters. The average Bonchev–Trinajstić information content (AvgIpc) is 2.92. The molecule has 2 aliphatic heterocycles. The van der Waals surface area contributed by atoms with Gasteiger partial charge in [0.2, 0.25) is 0 Å². The highest BCUT2D eigenvalue weighted by molar-refractivity contribution is 7.99. The smallest absolute Gasteiger partial charge is 0.0308 e. The highest BCUT2D eigenvalue weighted by Gasteiger charge is 2.36. The fourth-order valence-electron chi connectivity index (χ4n) is 3.85. The summed E-state index contributed by atoms with van der Waals surface area (Å²) in [6.07, 6.45) is 8.54. The molecule has 3 aliphatic rings. The largest absolute Gasteiger partial charge is 0.310 e. The third-order valence-electron chi connectivity index (χ3n) is 4.78. The molecule has 3 fully saturated rings. The first kappa shape index (κ1) is 12.3. The van der Waals surface area contributed by atoms with Crippen LogP contribution in [0.3, 0.4) is 0 Å². The van der Waals surface area contributed by atoms with Gasteiger partial charge in [-0.2, -0.15) is 11.8 Å². The lowest BCUT2D eigenvalue weighted by atomic mass is 9.96. The highest BCUT2D eigenvalue weighted by atomic mass is 32.2. The van der Waals surface area contributed by atoms with E-state index in [1.54, 1.807) is 0 Å². The van der Waals surface area contributed by atoms with E-state index in [4.69, 9.17) is 0 Å². The van der Waals surface area contributed by atoms with Crippen LogP contribution in [0, 0.1) is 5.92 Å². The predicted octanol–water partition coefficient (Wildman–Crippen LogP) is 2.35. The molecular weight excluding hydrogens is 228 g/mol. The second-order valence-electron chi connectivity index (χ2n) is 6.23. The van der Waals surface area contributed by atoms with E-state index in [2.05, 4.69) is 22.0 Å². The third-order valence-corrected chi connectivity index (χ3v) is 6.01. The normalized spacial score (nSPS) is 34.2. The Balaban J connectivity index is 1.59. The average molecular weight is 254 g/mol. The molecule has 3 heteroatoms. The van der Waals surface area contributed by atoms with Gasteiger partial charge in [-0.1, -0.05) is 12.8 Å². The lowest BCUT2D eigenvalue weighted by Crippen LogP contribution is -2.50. The van der Waals surface area contributed by atoms with Crippen molar-refractivity contribution in [3.05, 3.63) is 0 Å². The van der Waals surface area contributed by atoms with Crippen LogP contribution in [0.25, 0.3) is 0 Å². The van der Waals surface area contributed by atoms with Gasteiger partial charge in [0.25, 0.3) is 0 Å². The summed E-state index contributed by atoms with van der Waals surface area (Å²) in [5.41, 5.74) is 0.502. The van der Waals surface area contributed by atoms with Crippen molar-refractivity contribution in [2.45, 2.75) is 44.1 Å². The van der Waals surface area contributed by atoms with Gasteiger partial charge in [-0.25, -0.2) is 0 Å². The lowest BCUT2D eigenvalue weighted by Gasteiger charge is -2.34. The molecule has 1 spiro atoms. The van der Waals surface area contributed by atoms with Crippen LogP contribution in [0.4, 0.5) is 0 Å². The van der Waals surface area contributed by atoms with E-state index in [1.807, 2.05) is 0 Å². The summed E-state index contributed by atoms with van der Waals surface area (Å²) in [4.78, 5) is 2.78. The van der Waals surface area contributed by atoms with Gasteiger partial charge in [0.05, 0.1) is 0 Å². The van der Waals surface area contributed by atoms with Crippen LogP contribution in [0.15, 0.2) is 0 Å². The second kappa shape index (κ2) is 5.50. The number of thioether (sulfide) groups is 1. The minimum Gasteiger partial charge on any atom is -0.310 e. The molecule has 98 valence electrons. The first-order valence-electron chi connectivity index (χ1n) is 7.41. The van der Waals surface area contributed by atoms with Crippen molar-refractivity contribution in [3.63, 3.8) is 0 Å². The summed E-state index contributed by atoms with van der Waals surface area (Å²) < 4.78 is 0. The Kier molecular flexibility index (Phi) is 3.98. The van der Waals surface area contributed by atoms with Crippen LogP contribution in [0.2, 0.25) is 0 Å². The van der Waals surface area contributed by atoms with Gasteiger partial charge in [-0.3, -0.25) is 0 Å². The fraction of sp³-hybridized carbons (Fsp3) is 1.00. The Morgan fingerprint density at radius 1 is 1.24 bits per heavy atom. The Bertz CT molecular complexity index is 245. The third kappa shape index (κ3) is 2.99. The molecule has 0 aromatic heterocycles. The Labute approximate surface area is 110 Å². The molecule has 0 aromatic rings. The summed E-state index contributed by atoms with van der Waals surface area (Å²) in [5, 5.41) is 3.86. The zero-order valence-corrected chi connectivity index (χ0v) is 11.7. The zero-order chi connectivity index (χ0) is 11.6. The molecule has 3 rings (SSSR count). The minimum atomic E-state index is 0.502. The van der Waals surface area contributed by atoms with Crippen LogP contribution >= 0.6 is 11.8 Å². The molecule has 2 nitrogen and oxygen atoms in total. The van der Waals surface area contributed by atoms with Crippen molar-refractivity contribution in [3.8, 4) is 0 Å². The number of hydrogen-bond acceptors (Lipinski definition) is 3. The molecule has 2 heterocycles. The van der Waals surface area contributed by atoms with Gasteiger partial charge < -0.3 is 10.2 Å². The van der Waals surface area contributed by atoms with Crippen molar-refractivity contribution in [2.24, 2.45) is 5.92 Å². The van der Waals surface area contributed by atoms with Gasteiger partial charge in [0.15, 0.2) is 0 Å². The molecule has 1 N–H and O–H groups in total. The number of hydrogen-bond donors (Lipinski definition) is 1. The fourth-order valence-corrected chi connectivity index (χ4v) is 5.13. The van der Waals surface area contributed by atoms with Gasteiger partial charge >= 0.3 is 0 Å². The van der Waals surface area contributed by atoms with Crippen molar-refractivity contribution < 1.29 is 0 Å². The highest BCUT2D eigenvalue weighted by Crippen LogP contribution is 2.32. The van der Waals surface area contributed by atoms with Crippen LogP contribution in [0.5, 0.6) is 0 Å². The molecular formula is C14H26N2S. The van der Waals surface area contributed by atoms with Gasteiger partial charge in [0, 0.05) is 18.6 Å². The van der Waals surface area contributed by atoms with Crippen LogP contribution in [-0.4, -0.2) is 48.1 Å². The summed E-state index contributed by atoms with van der Waals surface area (Å²) in [7, 11) is 0. The number of nitrogens with one attached hydrogen (secondary N) is 1. The van der Waals surface area contributed by atoms with Gasteiger partial charge in [-0.05, 0) is 56.2 Å². The van der Waals surface area contributed by atoms with Crippen molar-refractivity contribution in [1.29, 1.82) is 0 Å². The van der Waals surface area contributed by atoms with Crippen molar-refractivity contribution in [1.82, 2.24) is 10.2 Å². The Morgan fingerprint density at radius 3 is 2.88 bits per heavy atom. The molecule has 1 aliphatic carbocycles. The van der Waals surface area contributed by atoms with Gasteiger partial charge in [0.1, 0.15) is 0 Å². The van der Waals surface area contributed by atoms with Crippen molar-refractivity contribution in [2.75, 3.05) is 37.7 Å². The Hall–Kier alpha value is 0.270. The summed E-state index contributed by atoms with van der Waals surface area (Å²) in [5.74, 6) is 3.80. The Morgan fingerprint density at radius 2 is 2.12 bits per heavy atom. The predicted molar refractivity (Wildman–Crippen MR) is 75.7 cm³/mol. The van der Waals surface area contributed by atoms with E-state index in [1.165, 1.54) is 76.2 Å². The quantitative estimate of drug-likeness (QED) is 0.814. The van der Waals surface area contributed by atoms with E-state index >= 15 is 0 Å². The van der Waals surface area contributed by atoms with E-state index in [-0.39, 0.29) is 0 Å². The van der Waals surface area contributed by atoms with Crippen LogP contribution in [0.1, 0.15) is 38.5 Å². The minimum absolute atomic E-state index is 0.502. The van der Waals surface area contributed by atoms with Crippen LogP contribution < -0.4 is 5.32 Å². The molecule has 1 saturated carbocycles. The summed E-state index contributed by atoms with van der Waals surface area (Å²) in [6.45, 7) is 5.27. The standard InChI is InChI=1S/C14H26N2S/c1-2-6-14(5-1)12-16(8-3-7-15-14)10-13-4-9-17-11-13/h13,15H,1-12H2. The molecule has 0 radical (unpaired) electrons. The summed E-state index contributed by atoms with van der Waals surface area (Å²) >= 11 is 2.16. The number of nitrogens with zero attached hydrogens (tertiary/aromatic N) is 1. The second-order valence-corrected chi connectivity index (χ2v) is 7.38. The van der Waals surface area contributed by atoms with E-state index in [0.29, 0.717) is 5.54 Å². The SMILES string of the molecule is C1CNC2(CCCC2)CN(CC2CCSC2)C1. The van der Waals surface area contributed by atoms with E-state index in [0.717, 1.165) is 5.92 Å². The molecule has 0 bridgehead atoms. The maximum atomic E-state index is 3.86. The monoisotopic (exact) mass is 254 g/mol.